The molecule has 0 aliphatic carbocycles. The molecule has 2 aromatic rings. The molecular weight excluding hydrogens is 376 g/mol. The highest BCUT2D eigenvalue weighted by Gasteiger charge is 2.34. The van der Waals surface area contributed by atoms with Crippen molar-refractivity contribution in [2.45, 2.75) is 38.2 Å². The number of benzene rings is 1. The lowest BCUT2D eigenvalue weighted by atomic mass is 9.86. The van der Waals surface area contributed by atoms with Gasteiger partial charge in [0, 0.05) is 38.8 Å². The summed E-state index contributed by atoms with van der Waals surface area (Å²) in [7, 11) is 1.88. The van der Waals surface area contributed by atoms with E-state index in [2.05, 4.69) is 36.5 Å². The van der Waals surface area contributed by atoms with Gasteiger partial charge >= 0.3 is 0 Å². The molecule has 3 rings (SSSR count). The second-order valence-corrected chi connectivity index (χ2v) is 8.45. The Hall–Kier alpha value is -1.89. The van der Waals surface area contributed by atoms with Gasteiger partial charge in [-0.25, -0.2) is 0 Å². The minimum atomic E-state index is -0.714. The third-order valence-electron chi connectivity index (χ3n) is 5.34. The van der Waals surface area contributed by atoms with E-state index in [1.54, 1.807) is 4.68 Å². The fourth-order valence-electron chi connectivity index (χ4n) is 3.59. The van der Waals surface area contributed by atoms with Crippen LogP contribution < -0.4 is 10.6 Å². The molecule has 1 aromatic carbocycles. The summed E-state index contributed by atoms with van der Waals surface area (Å²) in [5.41, 5.74) is 3.19. The van der Waals surface area contributed by atoms with Crippen molar-refractivity contribution in [2.24, 2.45) is 13.0 Å². The van der Waals surface area contributed by atoms with Crippen LogP contribution in [0.15, 0.2) is 36.7 Å². The van der Waals surface area contributed by atoms with Crippen molar-refractivity contribution in [1.82, 2.24) is 20.4 Å². The highest BCUT2D eigenvalue weighted by molar-refractivity contribution is 5.85. The van der Waals surface area contributed by atoms with Crippen LogP contribution in [-0.4, -0.2) is 40.4 Å². The first kappa shape index (κ1) is 22.4. The van der Waals surface area contributed by atoms with Crippen molar-refractivity contribution < 1.29 is 9.90 Å². The molecule has 1 amide bonds. The highest BCUT2D eigenvalue weighted by Crippen LogP contribution is 2.28. The van der Waals surface area contributed by atoms with Crippen LogP contribution in [0.25, 0.3) is 0 Å². The van der Waals surface area contributed by atoms with Gasteiger partial charge in [0.25, 0.3) is 0 Å². The Morgan fingerprint density at radius 2 is 2.00 bits per heavy atom. The summed E-state index contributed by atoms with van der Waals surface area (Å²) >= 11 is 0. The first-order valence-electron chi connectivity index (χ1n) is 9.51. The molecule has 3 atom stereocenters. The lowest BCUT2D eigenvalue weighted by Gasteiger charge is -2.21. The number of aryl methyl sites for hydroxylation is 1. The van der Waals surface area contributed by atoms with E-state index in [1.807, 2.05) is 43.7 Å². The number of carbonyl (C=O) groups excluding carboxylic acids is 1. The van der Waals surface area contributed by atoms with Crippen molar-refractivity contribution in [3.05, 3.63) is 53.3 Å². The zero-order valence-corrected chi connectivity index (χ0v) is 17.8. The average Bonchev–Trinajstić information content (AvgIpc) is 3.27. The lowest BCUT2D eigenvalue weighted by molar-refractivity contribution is -0.125. The molecule has 0 saturated carbocycles. The fourth-order valence-corrected chi connectivity index (χ4v) is 3.59. The molecule has 3 N–H and O–H groups in total. The molecule has 1 aromatic heterocycles. The van der Waals surface area contributed by atoms with E-state index in [0.29, 0.717) is 6.54 Å². The molecule has 1 fully saturated rings. The van der Waals surface area contributed by atoms with Gasteiger partial charge in [-0.15, -0.1) is 12.4 Å². The topological polar surface area (TPSA) is 79.2 Å². The van der Waals surface area contributed by atoms with E-state index in [4.69, 9.17) is 0 Å². The van der Waals surface area contributed by atoms with Gasteiger partial charge in [0.2, 0.25) is 5.91 Å². The third-order valence-corrected chi connectivity index (χ3v) is 5.34. The standard InChI is InChI=1S/C21H30N4O2.ClH/c1-21(2,3)16-7-5-14(6-8-16)19(26)12-23-20(27)18-11-22-10-17(18)15-9-24-25(4)13-15;/h5-9,13,17-19,22,26H,10-12H2,1-4H3,(H,23,27);1H/t17-,18+,19?;/m1./s1. The Bertz CT molecular complexity index is 782. The third kappa shape index (κ3) is 5.13. The fraction of sp³-hybridized carbons (Fsp3) is 0.524. The molecule has 2 heterocycles. The maximum Gasteiger partial charge on any atom is 0.225 e. The van der Waals surface area contributed by atoms with E-state index in [-0.39, 0.29) is 42.1 Å². The Kier molecular flexibility index (Phi) is 7.26. The van der Waals surface area contributed by atoms with E-state index in [1.165, 1.54) is 5.56 Å². The molecule has 6 nitrogen and oxygen atoms in total. The number of hydrogen-bond donors (Lipinski definition) is 3. The molecule has 0 bridgehead atoms. The molecular formula is C21H31ClN4O2. The summed E-state index contributed by atoms with van der Waals surface area (Å²) in [6.07, 6.45) is 3.07. The summed E-state index contributed by atoms with van der Waals surface area (Å²) in [6.45, 7) is 8.10. The number of carbonyl (C=O) groups is 1. The van der Waals surface area contributed by atoms with Gasteiger partial charge in [-0.2, -0.15) is 5.10 Å². The van der Waals surface area contributed by atoms with Crippen LogP contribution >= 0.6 is 12.4 Å². The van der Waals surface area contributed by atoms with Crippen LogP contribution in [0, 0.1) is 5.92 Å². The molecule has 1 saturated heterocycles. The largest absolute Gasteiger partial charge is 0.387 e. The quantitative estimate of drug-likeness (QED) is 0.711. The van der Waals surface area contributed by atoms with E-state index in [0.717, 1.165) is 17.7 Å². The van der Waals surface area contributed by atoms with Gasteiger partial charge in [0.05, 0.1) is 18.2 Å². The maximum absolute atomic E-state index is 12.7. The second-order valence-electron chi connectivity index (χ2n) is 8.45. The summed E-state index contributed by atoms with van der Waals surface area (Å²) < 4.78 is 1.76. The van der Waals surface area contributed by atoms with Gasteiger partial charge in [-0.3, -0.25) is 9.48 Å². The maximum atomic E-state index is 12.7. The van der Waals surface area contributed by atoms with Gasteiger partial charge in [-0.05, 0) is 22.1 Å². The molecule has 1 unspecified atom stereocenters. The van der Waals surface area contributed by atoms with Crippen LogP contribution in [0.3, 0.4) is 0 Å². The van der Waals surface area contributed by atoms with Crippen LogP contribution in [0.2, 0.25) is 0 Å². The van der Waals surface area contributed by atoms with Crippen molar-refractivity contribution in [3.8, 4) is 0 Å². The first-order valence-corrected chi connectivity index (χ1v) is 9.51. The van der Waals surface area contributed by atoms with E-state index >= 15 is 0 Å². The van der Waals surface area contributed by atoms with Crippen LogP contribution in [0.5, 0.6) is 0 Å². The number of aliphatic hydroxyl groups is 1. The molecule has 1 aliphatic heterocycles. The van der Waals surface area contributed by atoms with Crippen LogP contribution in [0.1, 0.15) is 49.5 Å². The first-order chi connectivity index (χ1) is 12.8. The average molecular weight is 407 g/mol. The van der Waals surface area contributed by atoms with E-state index < -0.39 is 6.10 Å². The lowest BCUT2D eigenvalue weighted by Crippen LogP contribution is -2.36. The minimum Gasteiger partial charge on any atom is -0.387 e. The summed E-state index contributed by atoms with van der Waals surface area (Å²) in [4.78, 5) is 12.7. The predicted molar refractivity (Wildman–Crippen MR) is 113 cm³/mol. The number of nitrogens with one attached hydrogen (secondary N) is 2. The molecule has 154 valence electrons. The molecule has 7 heteroatoms. The van der Waals surface area contributed by atoms with Crippen molar-refractivity contribution in [3.63, 3.8) is 0 Å². The SMILES string of the molecule is Cl.Cn1cc([C@H]2CNC[C@@H]2C(=O)NCC(O)c2ccc(C(C)(C)C)cc2)cn1. The zero-order valence-electron chi connectivity index (χ0n) is 17.0. The van der Waals surface area contributed by atoms with Crippen LogP contribution in [-0.2, 0) is 17.3 Å². The number of hydrogen-bond acceptors (Lipinski definition) is 4. The van der Waals surface area contributed by atoms with Gasteiger partial charge in [-0.1, -0.05) is 45.0 Å². The van der Waals surface area contributed by atoms with E-state index in [9.17, 15) is 9.90 Å². The Balaban J connectivity index is 0.00000280. The van der Waals surface area contributed by atoms with Gasteiger partial charge in [0.1, 0.15) is 0 Å². The Labute approximate surface area is 173 Å². The van der Waals surface area contributed by atoms with Crippen molar-refractivity contribution in [2.75, 3.05) is 19.6 Å². The normalized spacial score (nSPS) is 20.5. The number of rotatable bonds is 5. The number of nitrogens with zero attached hydrogens (tertiary/aromatic N) is 2. The summed E-state index contributed by atoms with van der Waals surface area (Å²) in [6, 6.07) is 7.96. The number of amides is 1. The molecule has 28 heavy (non-hydrogen) atoms. The minimum absolute atomic E-state index is 0. The predicted octanol–water partition coefficient (Wildman–Crippen LogP) is 2.29. The second kappa shape index (κ2) is 9.07. The number of aromatic nitrogens is 2. The van der Waals surface area contributed by atoms with Crippen LogP contribution in [0.4, 0.5) is 0 Å². The summed E-state index contributed by atoms with van der Waals surface area (Å²) in [5, 5.41) is 20.9. The molecule has 0 radical (unpaired) electrons. The molecule has 1 aliphatic rings. The summed E-state index contributed by atoms with van der Waals surface area (Å²) in [5.74, 6) is -0.0641. The van der Waals surface area contributed by atoms with Crippen molar-refractivity contribution >= 4 is 18.3 Å². The highest BCUT2D eigenvalue weighted by atomic mass is 35.5. The number of halogens is 1. The smallest absolute Gasteiger partial charge is 0.225 e. The van der Waals surface area contributed by atoms with Crippen molar-refractivity contribution in [1.29, 1.82) is 0 Å². The number of aliphatic hydroxyl groups excluding tert-OH is 1. The van der Waals surface area contributed by atoms with Gasteiger partial charge in [0.15, 0.2) is 0 Å². The Morgan fingerprint density at radius 3 is 2.57 bits per heavy atom. The van der Waals surface area contributed by atoms with Gasteiger partial charge < -0.3 is 15.7 Å². The monoisotopic (exact) mass is 406 g/mol. The molecule has 0 spiro atoms. The Morgan fingerprint density at radius 1 is 1.32 bits per heavy atom. The zero-order chi connectivity index (χ0) is 19.6.